The van der Waals surface area contributed by atoms with Gasteiger partial charge in [0.05, 0.1) is 23.0 Å². The van der Waals surface area contributed by atoms with E-state index in [4.69, 9.17) is 4.98 Å². The first-order valence-corrected chi connectivity index (χ1v) is 8.67. The van der Waals surface area contributed by atoms with E-state index in [2.05, 4.69) is 40.0 Å². The second-order valence-electron chi connectivity index (χ2n) is 6.38. The van der Waals surface area contributed by atoms with Crippen molar-refractivity contribution < 1.29 is 0 Å². The Morgan fingerprint density at radius 2 is 2.26 bits per heavy atom. The van der Waals surface area contributed by atoms with Gasteiger partial charge in [0.25, 0.3) is 5.56 Å². The molecule has 122 valence electrons. The number of aromatic amines is 1. The Bertz CT molecular complexity index is 821. The average Bonchev–Trinajstić information content (AvgIpc) is 3.14. The Morgan fingerprint density at radius 1 is 1.39 bits per heavy atom. The van der Waals surface area contributed by atoms with Crippen molar-refractivity contribution in [3.8, 4) is 0 Å². The maximum Gasteiger partial charge on any atom is 0.268 e. The van der Waals surface area contributed by atoms with Crippen LogP contribution in [-0.2, 0) is 5.41 Å². The van der Waals surface area contributed by atoms with Crippen LogP contribution in [-0.4, -0.2) is 41.9 Å². The Labute approximate surface area is 137 Å². The van der Waals surface area contributed by atoms with Gasteiger partial charge >= 0.3 is 0 Å². The summed E-state index contributed by atoms with van der Waals surface area (Å²) in [7, 11) is 0. The highest BCUT2D eigenvalue weighted by molar-refractivity contribution is 7.19. The molecule has 2 aromatic rings. The lowest BCUT2D eigenvalue weighted by Crippen LogP contribution is -2.43. The standard InChI is InChI=1S/C15H20N6OS/c1-8-15(2,7-18-21-8)11-5-9-12(23-11)14(22)20-13(19-9)10-6-16-3-4-17-10/h5,7-8,10,16-17,21H,3-4,6H2,1-2H3,(H,19,20,22). The highest BCUT2D eigenvalue weighted by Crippen LogP contribution is 2.35. The fourth-order valence-electron chi connectivity index (χ4n) is 3.04. The molecule has 4 heterocycles. The molecule has 0 saturated carbocycles. The van der Waals surface area contributed by atoms with Crippen LogP contribution in [0.3, 0.4) is 0 Å². The van der Waals surface area contributed by atoms with E-state index in [0.29, 0.717) is 10.5 Å². The molecule has 23 heavy (non-hydrogen) atoms. The zero-order chi connectivity index (χ0) is 16.0. The summed E-state index contributed by atoms with van der Waals surface area (Å²) in [5.74, 6) is 0.704. The normalized spacial score (nSPS) is 30.7. The minimum Gasteiger partial charge on any atom is -0.313 e. The number of hydrogen-bond acceptors (Lipinski definition) is 7. The predicted molar refractivity (Wildman–Crippen MR) is 92.3 cm³/mol. The lowest BCUT2D eigenvalue weighted by atomic mass is 9.84. The van der Waals surface area contributed by atoms with E-state index in [1.54, 1.807) is 0 Å². The number of nitrogens with one attached hydrogen (secondary N) is 4. The van der Waals surface area contributed by atoms with Crippen molar-refractivity contribution in [2.45, 2.75) is 31.3 Å². The Balaban J connectivity index is 1.78. The third kappa shape index (κ3) is 2.37. The molecule has 2 aromatic heterocycles. The van der Waals surface area contributed by atoms with E-state index in [-0.39, 0.29) is 23.1 Å². The van der Waals surface area contributed by atoms with Crippen LogP contribution in [0.2, 0.25) is 0 Å². The van der Waals surface area contributed by atoms with Crippen molar-refractivity contribution in [2.24, 2.45) is 5.10 Å². The van der Waals surface area contributed by atoms with E-state index in [1.807, 2.05) is 12.3 Å². The zero-order valence-corrected chi connectivity index (χ0v) is 14.0. The summed E-state index contributed by atoms with van der Waals surface area (Å²) in [6.07, 6.45) is 1.92. The van der Waals surface area contributed by atoms with Crippen LogP contribution in [0, 0.1) is 0 Å². The molecule has 7 nitrogen and oxygen atoms in total. The van der Waals surface area contributed by atoms with Crippen LogP contribution in [0.4, 0.5) is 0 Å². The third-order valence-corrected chi connectivity index (χ3v) is 6.18. The number of H-pyrrole nitrogens is 1. The lowest BCUT2D eigenvalue weighted by Gasteiger charge is -2.24. The molecular formula is C15H20N6OS. The predicted octanol–water partition coefficient (Wildman–Crippen LogP) is 0.454. The van der Waals surface area contributed by atoms with Gasteiger partial charge in [-0.3, -0.25) is 4.79 Å². The van der Waals surface area contributed by atoms with E-state index < -0.39 is 0 Å². The first-order valence-electron chi connectivity index (χ1n) is 7.86. The molecule has 3 atom stereocenters. The molecule has 0 amide bonds. The minimum absolute atomic E-state index is 0.0495. The van der Waals surface area contributed by atoms with E-state index in [9.17, 15) is 4.79 Å². The molecule has 0 radical (unpaired) electrons. The first-order chi connectivity index (χ1) is 11.1. The van der Waals surface area contributed by atoms with Gasteiger partial charge in [0.2, 0.25) is 0 Å². The largest absolute Gasteiger partial charge is 0.313 e. The van der Waals surface area contributed by atoms with Crippen LogP contribution in [0.5, 0.6) is 0 Å². The summed E-state index contributed by atoms with van der Waals surface area (Å²) in [4.78, 5) is 21.2. The lowest BCUT2D eigenvalue weighted by molar-refractivity contribution is 0.415. The second kappa shape index (κ2) is 5.40. The van der Waals surface area contributed by atoms with Gasteiger partial charge in [0.1, 0.15) is 10.5 Å². The van der Waals surface area contributed by atoms with Gasteiger partial charge in [-0.15, -0.1) is 11.3 Å². The summed E-state index contributed by atoms with van der Waals surface area (Å²) in [5.41, 5.74) is 3.58. The summed E-state index contributed by atoms with van der Waals surface area (Å²) in [5, 5.41) is 10.9. The second-order valence-corrected chi connectivity index (χ2v) is 7.43. The molecule has 3 unspecified atom stereocenters. The number of fused-ring (bicyclic) bond motifs is 1. The maximum absolute atomic E-state index is 12.5. The highest BCUT2D eigenvalue weighted by Gasteiger charge is 2.37. The van der Waals surface area contributed by atoms with Crippen molar-refractivity contribution in [2.75, 3.05) is 19.6 Å². The topological polar surface area (TPSA) is 94.2 Å². The summed E-state index contributed by atoms with van der Waals surface area (Å²) in [6, 6.07) is 2.27. The molecule has 2 aliphatic heterocycles. The average molecular weight is 332 g/mol. The summed E-state index contributed by atoms with van der Waals surface area (Å²) >= 11 is 1.51. The molecule has 1 fully saturated rings. The number of nitrogens with zero attached hydrogens (tertiary/aromatic N) is 2. The van der Waals surface area contributed by atoms with E-state index in [1.165, 1.54) is 11.3 Å². The quantitative estimate of drug-likeness (QED) is 0.641. The SMILES string of the molecule is CC1NN=CC1(C)c1cc2nc(C3CNCCN3)[nH]c(=O)c2s1. The van der Waals surface area contributed by atoms with Gasteiger partial charge in [0.15, 0.2) is 0 Å². The van der Waals surface area contributed by atoms with E-state index >= 15 is 0 Å². The van der Waals surface area contributed by atoms with Crippen molar-refractivity contribution in [1.29, 1.82) is 0 Å². The Kier molecular flexibility index (Phi) is 3.47. The van der Waals surface area contributed by atoms with Crippen LogP contribution < -0.4 is 21.6 Å². The molecule has 0 aromatic carbocycles. The molecule has 0 bridgehead atoms. The molecular weight excluding hydrogens is 312 g/mol. The number of piperazine rings is 1. The monoisotopic (exact) mass is 332 g/mol. The van der Waals surface area contributed by atoms with Gasteiger partial charge in [0, 0.05) is 30.7 Å². The van der Waals surface area contributed by atoms with Crippen LogP contribution in [0.15, 0.2) is 16.0 Å². The van der Waals surface area contributed by atoms with Gasteiger partial charge in [-0.2, -0.15) is 5.10 Å². The van der Waals surface area contributed by atoms with Crippen molar-refractivity contribution >= 4 is 27.8 Å². The third-order valence-electron chi connectivity index (χ3n) is 4.80. The fraction of sp³-hybridized carbons (Fsp3) is 0.533. The zero-order valence-electron chi connectivity index (χ0n) is 13.1. The maximum atomic E-state index is 12.5. The number of thiophene rings is 1. The van der Waals surface area contributed by atoms with Crippen molar-refractivity contribution in [1.82, 2.24) is 26.0 Å². The smallest absolute Gasteiger partial charge is 0.268 e. The van der Waals surface area contributed by atoms with E-state index in [0.717, 1.165) is 30.0 Å². The fourth-order valence-corrected chi connectivity index (χ4v) is 4.23. The number of aromatic nitrogens is 2. The van der Waals surface area contributed by atoms with Crippen molar-refractivity contribution in [3.05, 3.63) is 27.1 Å². The van der Waals surface area contributed by atoms with Gasteiger partial charge in [-0.1, -0.05) is 0 Å². The molecule has 2 aliphatic rings. The van der Waals surface area contributed by atoms with Crippen LogP contribution >= 0.6 is 11.3 Å². The van der Waals surface area contributed by atoms with Gasteiger partial charge < -0.3 is 21.0 Å². The first kappa shape index (κ1) is 14.8. The number of hydrazone groups is 1. The van der Waals surface area contributed by atoms with Gasteiger partial charge in [-0.25, -0.2) is 4.98 Å². The molecule has 1 saturated heterocycles. The summed E-state index contributed by atoms with van der Waals surface area (Å²) < 4.78 is 0.682. The molecule has 0 aliphatic carbocycles. The molecule has 8 heteroatoms. The Morgan fingerprint density at radius 3 is 2.96 bits per heavy atom. The van der Waals surface area contributed by atoms with Crippen molar-refractivity contribution in [3.63, 3.8) is 0 Å². The molecule has 0 spiro atoms. The van der Waals surface area contributed by atoms with Crippen LogP contribution in [0.1, 0.15) is 30.6 Å². The summed E-state index contributed by atoms with van der Waals surface area (Å²) in [6.45, 7) is 6.82. The number of rotatable bonds is 2. The number of hydrogen-bond donors (Lipinski definition) is 4. The Hall–Kier alpha value is -1.77. The molecule has 4 rings (SSSR count). The molecule has 4 N–H and O–H groups in total. The van der Waals surface area contributed by atoms with Gasteiger partial charge in [-0.05, 0) is 19.9 Å². The van der Waals surface area contributed by atoms with Crippen LogP contribution in [0.25, 0.3) is 10.2 Å². The highest BCUT2D eigenvalue weighted by atomic mass is 32.1. The minimum atomic E-state index is -0.206.